The maximum atomic E-state index is 6.25. The Morgan fingerprint density at radius 2 is 1.54 bits per heavy atom. The van der Waals surface area contributed by atoms with Crippen LogP contribution in [0.5, 0.6) is 0 Å². The van der Waals surface area contributed by atoms with E-state index in [0.717, 1.165) is 34.1 Å². The summed E-state index contributed by atoms with van der Waals surface area (Å²) in [6, 6.07) is 15.1. The summed E-state index contributed by atoms with van der Waals surface area (Å²) in [5.41, 5.74) is 3.24. The zero-order valence-electron chi connectivity index (χ0n) is 15.0. The molecule has 2 aromatic heterocycles. The first-order chi connectivity index (χ1) is 11.5. The van der Waals surface area contributed by atoms with E-state index < -0.39 is 0 Å². The number of anilines is 1. The van der Waals surface area contributed by atoms with E-state index >= 15 is 0 Å². The van der Waals surface area contributed by atoms with Gasteiger partial charge in [0.25, 0.3) is 0 Å². The highest BCUT2D eigenvalue weighted by Crippen LogP contribution is 2.40. The minimum atomic E-state index is 0.362. The normalized spacial score (nSPS) is 11.5. The van der Waals surface area contributed by atoms with Gasteiger partial charge in [0.05, 0.1) is 12.0 Å². The lowest BCUT2D eigenvalue weighted by atomic mass is 10.1. The van der Waals surface area contributed by atoms with Gasteiger partial charge in [0, 0.05) is 23.7 Å². The van der Waals surface area contributed by atoms with Gasteiger partial charge in [-0.1, -0.05) is 30.3 Å². The van der Waals surface area contributed by atoms with E-state index in [9.17, 15) is 0 Å². The Hall–Kier alpha value is -2.42. The van der Waals surface area contributed by atoms with Gasteiger partial charge in [-0.25, -0.2) is 0 Å². The van der Waals surface area contributed by atoms with Gasteiger partial charge in [-0.15, -0.1) is 0 Å². The number of hydrogen-bond acceptors (Lipinski definition) is 3. The summed E-state index contributed by atoms with van der Waals surface area (Å²) in [6.45, 7) is 10.8. The third kappa shape index (κ3) is 3.12. The molecule has 3 aromatic rings. The molecule has 3 nitrogen and oxygen atoms in total. The Bertz CT molecular complexity index is 788. The molecule has 0 aliphatic heterocycles. The second-order valence-corrected chi connectivity index (χ2v) is 6.77. The molecule has 126 valence electrons. The molecule has 0 amide bonds. The molecule has 0 fully saturated rings. The highest BCUT2D eigenvalue weighted by molar-refractivity contribution is 5.77. The number of rotatable bonds is 5. The van der Waals surface area contributed by atoms with Crippen LogP contribution in [-0.4, -0.2) is 12.1 Å². The molecular weight excluding hydrogens is 298 g/mol. The summed E-state index contributed by atoms with van der Waals surface area (Å²) in [6.07, 6.45) is 1.76. The van der Waals surface area contributed by atoms with Crippen LogP contribution in [0.25, 0.3) is 22.8 Å². The predicted molar refractivity (Wildman–Crippen MR) is 99.3 cm³/mol. The molecule has 0 bridgehead atoms. The van der Waals surface area contributed by atoms with Gasteiger partial charge in [0.2, 0.25) is 0 Å². The topological polar surface area (TPSA) is 29.5 Å². The van der Waals surface area contributed by atoms with Crippen molar-refractivity contribution in [1.82, 2.24) is 0 Å². The van der Waals surface area contributed by atoms with E-state index in [1.807, 2.05) is 31.2 Å². The maximum absolute atomic E-state index is 6.25. The Kier molecular flexibility index (Phi) is 4.52. The molecule has 3 rings (SSSR count). The Labute approximate surface area is 143 Å². The van der Waals surface area contributed by atoms with Crippen LogP contribution in [-0.2, 0) is 0 Å². The molecule has 2 heterocycles. The molecule has 0 unspecified atom stereocenters. The number of benzene rings is 1. The highest BCUT2D eigenvalue weighted by Gasteiger charge is 2.25. The molecule has 1 aromatic carbocycles. The molecule has 24 heavy (non-hydrogen) atoms. The molecule has 0 radical (unpaired) electrons. The molecular formula is C21H25NO2. The predicted octanol–water partition coefficient (Wildman–Crippen LogP) is 6.14. The SMILES string of the molecule is Cc1coc(-c2oc(-c3ccccc3)cc2N(C(C)C)C(C)C)c1. The number of hydrogen-bond donors (Lipinski definition) is 0. The van der Waals surface area contributed by atoms with Crippen molar-refractivity contribution >= 4 is 5.69 Å². The first kappa shape index (κ1) is 16.4. The van der Waals surface area contributed by atoms with Crippen LogP contribution in [0.1, 0.15) is 33.3 Å². The maximum Gasteiger partial charge on any atom is 0.193 e. The third-order valence-corrected chi connectivity index (χ3v) is 4.12. The van der Waals surface area contributed by atoms with E-state index in [-0.39, 0.29) is 0 Å². The minimum absolute atomic E-state index is 0.362. The first-order valence-electron chi connectivity index (χ1n) is 8.50. The molecule has 3 heteroatoms. The summed E-state index contributed by atoms with van der Waals surface area (Å²) in [7, 11) is 0. The fourth-order valence-electron chi connectivity index (χ4n) is 3.20. The van der Waals surface area contributed by atoms with E-state index in [0.29, 0.717) is 12.1 Å². The second kappa shape index (κ2) is 6.60. The smallest absolute Gasteiger partial charge is 0.193 e. The van der Waals surface area contributed by atoms with Crippen molar-refractivity contribution in [2.45, 2.75) is 46.7 Å². The summed E-state index contributed by atoms with van der Waals surface area (Å²) >= 11 is 0. The summed E-state index contributed by atoms with van der Waals surface area (Å²) in [5, 5.41) is 0. The van der Waals surface area contributed by atoms with Gasteiger partial charge in [0.1, 0.15) is 5.76 Å². The van der Waals surface area contributed by atoms with Gasteiger partial charge in [-0.05, 0) is 46.2 Å². The van der Waals surface area contributed by atoms with Crippen LogP contribution in [0, 0.1) is 6.92 Å². The molecule has 0 N–H and O–H groups in total. The van der Waals surface area contributed by atoms with Gasteiger partial charge < -0.3 is 13.7 Å². The number of aryl methyl sites for hydroxylation is 1. The molecule has 0 spiro atoms. The van der Waals surface area contributed by atoms with E-state index in [2.05, 4.69) is 50.8 Å². The third-order valence-electron chi connectivity index (χ3n) is 4.12. The van der Waals surface area contributed by atoms with Crippen molar-refractivity contribution in [1.29, 1.82) is 0 Å². The van der Waals surface area contributed by atoms with Crippen molar-refractivity contribution in [3.05, 3.63) is 54.3 Å². The first-order valence-corrected chi connectivity index (χ1v) is 8.50. The van der Waals surface area contributed by atoms with Gasteiger partial charge in [-0.2, -0.15) is 0 Å². The second-order valence-electron chi connectivity index (χ2n) is 6.77. The monoisotopic (exact) mass is 323 g/mol. The van der Waals surface area contributed by atoms with Crippen LogP contribution < -0.4 is 4.90 Å². The minimum Gasteiger partial charge on any atom is -0.461 e. The van der Waals surface area contributed by atoms with Crippen molar-refractivity contribution < 1.29 is 8.83 Å². The van der Waals surface area contributed by atoms with Crippen molar-refractivity contribution in [2.75, 3.05) is 4.90 Å². The lowest BCUT2D eigenvalue weighted by Gasteiger charge is -2.32. The molecule has 0 atom stereocenters. The van der Waals surface area contributed by atoms with E-state index in [4.69, 9.17) is 8.83 Å². The highest BCUT2D eigenvalue weighted by atomic mass is 16.4. The molecule has 0 saturated carbocycles. The van der Waals surface area contributed by atoms with Crippen molar-refractivity contribution in [3.8, 4) is 22.8 Å². The standard InChI is InChI=1S/C21H25NO2/c1-14(2)22(15(3)4)18-12-19(17-9-7-6-8-10-17)24-21(18)20-11-16(5)13-23-20/h6-15H,1-5H3. The summed E-state index contributed by atoms with van der Waals surface area (Å²) < 4.78 is 12.0. The number of nitrogens with zero attached hydrogens (tertiary/aromatic N) is 1. The zero-order chi connectivity index (χ0) is 17.3. The average Bonchev–Trinajstić information content (AvgIpc) is 3.14. The lowest BCUT2D eigenvalue weighted by molar-refractivity contribution is 0.526. The van der Waals surface area contributed by atoms with Crippen LogP contribution in [0.3, 0.4) is 0 Å². The Morgan fingerprint density at radius 1 is 0.875 bits per heavy atom. The fraction of sp³-hybridized carbons (Fsp3) is 0.333. The lowest BCUT2D eigenvalue weighted by Crippen LogP contribution is -2.37. The Morgan fingerprint density at radius 3 is 2.08 bits per heavy atom. The van der Waals surface area contributed by atoms with E-state index in [1.54, 1.807) is 6.26 Å². The average molecular weight is 323 g/mol. The van der Waals surface area contributed by atoms with Crippen molar-refractivity contribution in [3.63, 3.8) is 0 Å². The number of furan rings is 2. The fourth-order valence-corrected chi connectivity index (χ4v) is 3.20. The molecule has 0 aliphatic carbocycles. The summed E-state index contributed by atoms with van der Waals surface area (Å²) in [4.78, 5) is 2.36. The van der Waals surface area contributed by atoms with Gasteiger partial charge in [0.15, 0.2) is 11.5 Å². The molecule has 0 saturated heterocycles. The molecule has 0 aliphatic rings. The van der Waals surface area contributed by atoms with Crippen LogP contribution in [0.2, 0.25) is 0 Å². The quantitative estimate of drug-likeness (QED) is 0.565. The largest absolute Gasteiger partial charge is 0.461 e. The van der Waals surface area contributed by atoms with Crippen LogP contribution in [0.4, 0.5) is 5.69 Å². The van der Waals surface area contributed by atoms with E-state index in [1.165, 1.54) is 0 Å². The van der Waals surface area contributed by atoms with Gasteiger partial charge >= 0.3 is 0 Å². The van der Waals surface area contributed by atoms with Gasteiger partial charge in [-0.3, -0.25) is 0 Å². The van der Waals surface area contributed by atoms with Crippen LogP contribution in [0.15, 0.2) is 57.6 Å². The Balaban J connectivity index is 2.16. The zero-order valence-corrected chi connectivity index (χ0v) is 15.0. The van der Waals surface area contributed by atoms with Crippen LogP contribution >= 0.6 is 0 Å². The van der Waals surface area contributed by atoms with Crippen molar-refractivity contribution in [2.24, 2.45) is 0 Å². The summed E-state index contributed by atoms with van der Waals surface area (Å²) in [5.74, 6) is 2.43.